The zero-order chi connectivity index (χ0) is 20.5. The van der Waals surface area contributed by atoms with Gasteiger partial charge in [-0.3, -0.25) is 0 Å². The molecular formula is C24H42Br2N2Si2Zr. The molecule has 4 aliphatic rings. The Morgan fingerprint density at radius 2 is 0.968 bits per heavy atom. The third-order valence-corrected chi connectivity index (χ3v) is 20.4. The van der Waals surface area contributed by atoms with Gasteiger partial charge in [-0.15, -0.1) is 34.0 Å². The van der Waals surface area contributed by atoms with Gasteiger partial charge in [-0.1, -0.05) is 0 Å². The van der Waals surface area contributed by atoms with Crippen molar-refractivity contribution in [3.05, 3.63) is 41.3 Å². The molecule has 2 saturated heterocycles. The first-order valence-corrected chi connectivity index (χ1v) is 20.3. The van der Waals surface area contributed by atoms with E-state index >= 15 is 0 Å². The molecule has 2 nitrogen and oxygen atoms in total. The van der Waals surface area contributed by atoms with Crippen molar-refractivity contribution in [2.45, 2.75) is 77.6 Å². The molecule has 0 aromatic carbocycles. The zero-order valence-electron chi connectivity index (χ0n) is 20.0. The van der Waals surface area contributed by atoms with Gasteiger partial charge in [0.2, 0.25) is 0 Å². The molecule has 2 aliphatic heterocycles. The predicted molar refractivity (Wildman–Crippen MR) is 148 cm³/mol. The topological polar surface area (TPSA) is 6.48 Å². The third kappa shape index (κ3) is 6.24. The van der Waals surface area contributed by atoms with Gasteiger partial charge in [0.15, 0.2) is 0 Å². The monoisotopic (exact) mass is 662 g/mol. The summed E-state index contributed by atoms with van der Waals surface area (Å²) in [6, 6.07) is 0. The van der Waals surface area contributed by atoms with E-state index in [1.165, 1.54) is 77.5 Å². The van der Waals surface area contributed by atoms with Crippen LogP contribution in [0.4, 0.5) is 0 Å². The average Bonchev–Trinajstić information content (AvgIpc) is 3.40. The first-order valence-electron chi connectivity index (χ1n) is 12.0. The van der Waals surface area contributed by atoms with Crippen molar-refractivity contribution in [3.8, 4) is 0 Å². The van der Waals surface area contributed by atoms with E-state index in [4.69, 9.17) is 0 Å². The van der Waals surface area contributed by atoms with E-state index in [0.717, 1.165) is 0 Å². The fourth-order valence-corrected chi connectivity index (χ4v) is 20.4. The summed E-state index contributed by atoms with van der Waals surface area (Å²) in [6.07, 6.45) is 21.2. The first-order chi connectivity index (χ1) is 13.9. The maximum atomic E-state index is 2.91. The van der Waals surface area contributed by atoms with Crippen LogP contribution in [-0.4, -0.2) is 51.8 Å². The van der Waals surface area contributed by atoms with Crippen LogP contribution in [-0.2, 0) is 23.2 Å². The van der Waals surface area contributed by atoms with E-state index in [0.29, 0.717) is 0 Å². The Kier molecular flexibility index (Phi) is 11.2. The normalized spacial score (nSPS) is 23.2. The van der Waals surface area contributed by atoms with Gasteiger partial charge in [0.1, 0.15) is 0 Å². The van der Waals surface area contributed by atoms with Crippen LogP contribution >= 0.6 is 34.0 Å². The number of hydrogen-bond donors (Lipinski definition) is 0. The van der Waals surface area contributed by atoms with Gasteiger partial charge in [0, 0.05) is 0 Å². The Balaban J connectivity index is 0.00000171. The Hall–Kier alpha value is 1.16. The summed E-state index contributed by atoms with van der Waals surface area (Å²) in [4.78, 5) is 0. The van der Waals surface area contributed by atoms with Crippen LogP contribution < -0.4 is 0 Å². The summed E-state index contributed by atoms with van der Waals surface area (Å²) in [5.41, 5.74) is 0. The van der Waals surface area contributed by atoms with Crippen LogP contribution in [0.2, 0.25) is 26.2 Å². The molecule has 0 atom stereocenters. The summed E-state index contributed by atoms with van der Waals surface area (Å²) in [7, 11) is -2.96. The van der Waals surface area contributed by atoms with Gasteiger partial charge in [-0.05, 0) is 0 Å². The van der Waals surface area contributed by atoms with Crippen LogP contribution in [0, 0.1) is 0 Å². The average molecular weight is 666 g/mol. The van der Waals surface area contributed by atoms with E-state index in [9.17, 15) is 0 Å². The number of hydrogen-bond acceptors (Lipinski definition) is 2. The fraction of sp³-hybridized carbons (Fsp3) is 0.667. The molecule has 0 aromatic rings. The van der Waals surface area contributed by atoms with Crippen LogP contribution in [0.5, 0.6) is 0 Å². The molecule has 0 N–H and O–H groups in total. The summed E-state index contributed by atoms with van der Waals surface area (Å²) < 4.78 is 9.68. The Morgan fingerprint density at radius 3 is 1.32 bits per heavy atom. The molecule has 0 amide bonds. The molecular weight excluding hydrogens is 623 g/mol. The predicted octanol–water partition coefficient (Wildman–Crippen LogP) is 7.11. The first kappa shape index (κ1) is 28.4. The van der Waals surface area contributed by atoms with Crippen LogP contribution in [0.25, 0.3) is 0 Å². The third-order valence-electron chi connectivity index (χ3n) is 7.78. The van der Waals surface area contributed by atoms with Gasteiger partial charge >= 0.3 is 194 Å². The van der Waals surface area contributed by atoms with Gasteiger partial charge in [-0.2, -0.15) is 0 Å². The van der Waals surface area contributed by atoms with E-state index < -0.39 is 39.7 Å². The standard InChI is InChI=1S/2C12H20NSi.2BrH.Zr/c2*1-14(2,12-8-4-5-9-12)13-10-6-3-7-11-13;;;/h2*4,8H,3,5-7,10-11H2,1-2H3;2*1H;. The Labute approximate surface area is 226 Å². The van der Waals surface area contributed by atoms with E-state index in [1.54, 1.807) is 0 Å². The molecule has 31 heavy (non-hydrogen) atoms. The molecule has 0 radical (unpaired) electrons. The van der Waals surface area contributed by atoms with E-state index in [2.05, 4.69) is 59.6 Å². The van der Waals surface area contributed by atoms with E-state index in [1.807, 2.05) is 17.0 Å². The summed E-state index contributed by atoms with van der Waals surface area (Å²) >= 11 is -0.657. The fourth-order valence-electron chi connectivity index (χ4n) is 5.82. The minimum atomic E-state index is -1.48. The van der Waals surface area contributed by atoms with Gasteiger partial charge in [0.25, 0.3) is 0 Å². The molecule has 0 bridgehead atoms. The SMILES string of the molecule is Br.Br.C[Si](C)(C1=[C]([Zr][C]2=C([Si](C)(C)N3CCCCC3)C=CC2)CC=C1)N1CCCCC1. The number of nitrogens with zero attached hydrogens (tertiary/aromatic N) is 2. The van der Waals surface area contributed by atoms with Crippen molar-refractivity contribution in [3.63, 3.8) is 0 Å². The number of halogens is 2. The van der Waals surface area contributed by atoms with Crippen LogP contribution in [0.1, 0.15) is 51.4 Å². The molecule has 0 spiro atoms. The second-order valence-corrected chi connectivity index (χ2v) is 22.5. The van der Waals surface area contributed by atoms with Crippen molar-refractivity contribution in [1.82, 2.24) is 9.13 Å². The molecule has 0 aromatic heterocycles. The number of piperidine rings is 2. The molecule has 0 unspecified atom stereocenters. The molecule has 2 fully saturated rings. The second-order valence-electron chi connectivity index (χ2n) is 10.3. The molecule has 174 valence electrons. The van der Waals surface area contributed by atoms with Gasteiger partial charge in [-0.25, -0.2) is 0 Å². The van der Waals surface area contributed by atoms with Crippen molar-refractivity contribution >= 4 is 50.4 Å². The quantitative estimate of drug-likeness (QED) is 0.279. The molecule has 0 saturated carbocycles. The van der Waals surface area contributed by atoms with Crippen molar-refractivity contribution in [2.75, 3.05) is 26.2 Å². The van der Waals surface area contributed by atoms with Gasteiger partial charge < -0.3 is 0 Å². The zero-order valence-corrected chi connectivity index (χ0v) is 27.9. The summed E-state index contributed by atoms with van der Waals surface area (Å²) in [5, 5.41) is 3.67. The van der Waals surface area contributed by atoms with Crippen LogP contribution in [0.3, 0.4) is 0 Å². The van der Waals surface area contributed by atoms with Crippen LogP contribution in [0.15, 0.2) is 41.3 Å². The molecule has 4 rings (SSSR count). The Morgan fingerprint density at radius 1 is 0.613 bits per heavy atom. The maximum absolute atomic E-state index is 2.91. The number of allylic oxidation sites excluding steroid dienone is 8. The molecule has 2 heterocycles. The summed E-state index contributed by atoms with van der Waals surface area (Å²) in [6.45, 7) is 15.9. The number of rotatable bonds is 6. The van der Waals surface area contributed by atoms with Gasteiger partial charge in [0.05, 0.1) is 0 Å². The second kappa shape index (κ2) is 12.2. The van der Waals surface area contributed by atoms with Crippen molar-refractivity contribution < 1.29 is 23.2 Å². The molecule has 7 heteroatoms. The van der Waals surface area contributed by atoms with Crippen molar-refractivity contribution in [1.29, 1.82) is 0 Å². The minimum absolute atomic E-state index is 0. The van der Waals surface area contributed by atoms with E-state index in [-0.39, 0.29) is 34.0 Å². The van der Waals surface area contributed by atoms with Crippen molar-refractivity contribution in [2.24, 2.45) is 0 Å². The molecule has 2 aliphatic carbocycles. The Bertz CT molecular complexity index is 685. The summed E-state index contributed by atoms with van der Waals surface area (Å²) in [5.74, 6) is 0.